The van der Waals surface area contributed by atoms with Crippen molar-refractivity contribution in [1.29, 1.82) is 0 Å². The Balaban J connectivity index is 2.43. The van der Waals surface area contributed by atoms with Crippen molar-refractivity contribution in [3.05, 3.63) is 47.5 Å². The normalized spacial score (nSPS) is 11.1. The molecule has 1 aromatic carbocycles. The lowest BCUT2D eigenvalue weighted by molar-refractivity contribution is 0.0601. The van der Waals surface area contributed by atoms with E-state index in [4.69, 9.17) is 5.11 Å². The van der Waals surface area contributed by atoms with Crippen molar-refractivity contribution in [1.82, 2.24) is 4.98 Å². The highest BCUT2D eigenvalue weighted by Gasteiger charge is 2.20. The van der Waals surface area contributed by atoms with E-state index in [2.05, 4.69) is 34.7 Å². The summed E-state index contributed by atoms with van der Waals surface area (Å²) in [5.41, 5.74) is -0.0161. The smallest absolute Gasteiger partial charge is 0.354 e. The number of aromatic nitrogens is 1. The molecule has 0 saturated heterocycles. The summed E-state index contributed by atoms with van der Waals surface area (Å²) in [6.07, 6.45) is 1.17. The molecule has 25 heavy (non-hydrogen) atoms. The Morgan fingerprint density at radius 1 is 1.20 bits per heavy atom. The lowest BCUT2D eigenvalue weighted by Crippen LogP contribution is -2.37. The van der Waals surface area contributed by atoms with E-state index in [1.165, 1.54) is 19.4 Å². The predicted molar refractivity (Wildman–Crippen MR) is 95.2 cm³/mol. The van der Waals surface area contributed by atoms with Crippen LogP contribution in [0.25, 0.3) is 0 Å². The zero-order valence-electron chi connectivity index (χ0n) is 14.4. The molecular weight excluding hydrogens is 343 g/mol. The number of anilines is 2. The molecule has 0 radical (unpaired) electrons. The molecule has 2 N–H and O–H groups in total. The van der Waals surface area contributed by atoms with Gasteiger partial charge in [-0.1, -0.05) is 30.9 Å². The maximum atomic E-state index is 14.4. The third-order valence-electron chi connectivity index (χ3n) is 3.63. The van der Waals surface area contributed by atoms with Crippen molar-refractivity contribution in [3.63, 3.8) is 0 Å². The van der Waals surface area contributed by atoms with Crippen LogP contribution in [0.1, 0.15) is 20.8 Å². The van der Waals surface area contributed by atoms with Crippen LogP contribution in [0, 0.1) is 5.82 Å². The van der Waals surface area contributed by atoms with Gasteiger partial charge in [0.05, 0.1) is 38.3 Å². The van der Waals surface area contributed by atoms with Crippen LogP contribution < -0.4 is 10.5 Å². The highest BCUT2D eigenvalue weighted by atomic mass is 28.3. The number of rotatable bonds is 5. The van der Waals surface area contributed by atoms with Crippen LogP contribution in [0.15, 0.2) is 30.5 Å². The molecule has 8 heteroatoms. The van der Waals surface area contributed by atoms with Gasteiger partial charge in [0.25, 0.3) is 0 Å². The molecule has 0 atom stereocenters. The maximum absolute atomic E-state index is 14.4. The van der Waals surface area contributed by atoms with Crippen molar-refractivity contribution in [2.45, 2.75) is 19.6 Å². The first-order valence-electron chi connectivity index (χ1n) is 7.52. The summed E-state index contributed by atoms with van der Waals surface area (Å²) in [7, 11) is -0.477. The van der Waals surface area contributed by atoms with Crippen molar-refractivity contribution < 1.29 is 23.8 Å². The van der Waals surface area contributed by atoms with Crippen molar-refractivity contribution in [2.75, 3.05) is 12.4 Å². The number of benzene rings is 1. The number of carbonyl (C=O) groups excluding carboxylic acids is 1. The van der Waals surface area contributed by atoms with Gasteiger partial charge in [-0.3, -0.25) is 0 Å². The topological polar surface area (TPSA) is 88.5 Å². The monoisotopic (exact) mass is 362 g/mol. The third kappa shape index (κ3) is 4.21. The van der Waals surface area contributed by atoms with Crippen LogP contribution in [0.2, 0.25) is 19.6 Å². The fourth-order valence-corrected chi connectivity index (χ4v) is 3.32. The number of ether oxygens (including phenoxy) is 1. The number of hydrogen-bond acceptors (Lipinski definition) is 5. The summed E-state index contributed by atoms with van der Waals surface area (Å²) in [6.45, 7) is 6.33. The minimum absolute atomic E-state index is 0.0384. The summed E-state index contributed by atoms with van der Waals surface area (Å²) in [6, 6.07) is 6.00. The van der Waals surface area contributed by atoms with E-state index in [0.717, 1.165) is 11.3 Å². The number of pyridine rings is 1. The van der Waals surface area contributed by atoms with Gasteiger partial charge >= 0.3 is 11.9 Å². The first kappa shape index (κ1) is 18.6. The van der Waals surface area contributed by atoms with Gasteiger partial charge in [0.2, 0.25) is 0 Å². The van der Waals surface area contributed by atoms with Crippen molar-refractivity contribution >= 4 is 36.6 Å². The van der Waals surface area contributed by atoms with Crippen LogP contribution in [0.5, 0.6) is 0 Å². The first-order valence-corrected chi connectivity index (χ1v) is 11.0. The Morgan fingerprint density at radius 3 is 2.40 bits per heavy atom. The van der Waals surface area contributed by atoms with Gasteiger partial charge in [-0.25, -0.2) is 19.0 Å². The zero-order valence-corrected chi connectivity index (χ0v) is 15.4. The number of nitrogens with one attached hydrogen (secondary N) is 1. The fourth-order valence-electron chi connectivity index (χ4n) is 2.18. The summed E-state index contributed by atoms with van der Waals surface area (Å²) >= 11 is 0. The molecule has 0 bridgehead atoms. The molecule has 6 nitrogen and oxygen atoms in total. The number of carboxylic acids is 1. The molecule has 2 rings (SSSR count). The second kappa shape index (κ2) is 7.02. The molecule has 1 aromatic heterocycles. The highest BCUT2D eigenvalue weighted by Crippen LogP contribution is 2.24. The van der Waals surface area contributed by atoms with Gasteiger partial charge in [-0.15, -0.1) is 0 Å². The fraction of sp³-hybridized carbons (Fsp3) is 0.235. The average Bonchev–Trinajstić information content (AvgIpc) is 2.55. The summed E-state index contributed by atoms with van der Waals surface area (Å²) < 4.78 is 19.1. The van der Waals surface area contributed by atoms with Crippen molar-refractivity contribution in [2.24, 2.45) is 0 Å². The molecule has 0 aliphatic heterocycles. The van der Waals surface area contributed by atoms with Crippen LogP contribution in [0.3, 0.4) is 0 Å². The minimum Gasteiger partial charge on any atom is -0.477 e. The van der Waals surface area contributed by atoms with Crippen LogP contribution in [-0.2, 0) is 4.74 Å². The molecule has 2 aromatic rings. The van der Waals surface area contributed by atoms with E-state index in [-0.39, 0.29) is 22.6 Å². The molecule has 132 valence electrons. The van der Waals surface area contributed by atoms with Gasteiger partial charge in [-0.05, 0) is 18.2 Å². The highest BCUT2D eigenvalue weighted by molar-refractivity contribution is 6.88. The third-order valence-corrected chi connectivity index (χ3v) is 5.68. The summed E-state index contributed by atoms with van der Waals surface area (Å²) in [4.78, 5) is 26.7. The summed E-state index contributed by atoms with van der Waals surface area (Å²) in [5, 5.41) is 12.8. The number of carboxylic acid groups (broad SMARTS) is 1. The number of carbonyl (C=O) groups is 2. The standard InChI is InChI=1S/C17H19FN2O4Si/c1-24-17(23)11-8-14(16(21)22)19-9-15(11)20-13-6-5-10(7-12(13)18)25(2,3)4/h5-9,20H,1-4H3,(H,21,22). The maximum Gasteiger partial charge on any atom is 0.354 e. The number of nitrogens with zero attached hydrogens (tertiary/aromatic N) is 1. The minimum atomic E-state index is -1.65. The number of aromatic carboxylic acids is 1. The van der Waals surface area contributed by atoms with E-state index in [9.17, 15) is 14.0 Å². The van der Waals surface area contributed by atoms with Crippen LogP contribution >= 0.6 is 0 Å². The predicted octanol–water partition coefficient (Wildman–Crippen LogP) is 2.99. The lowest BCUT2D eigenvalue weighted by Gasteiger charge is -2.18. The van der Waals surface area contributed by atoms with E-state index < -0.39 is 25.8 Å². The quantitative estimate of drug-likeness (QED) is 0.628. The largest absolute Gasteiger partial charge is 0.477 e. The van der Waals surface area contributed by atoms with E-state index >= 15 is 0 Å². The number of esters is 1. The van der Waals surface area contributed by atoms with E-state index in [1.807, 2.05) is 6.07 Å². The van der Waals surface area contributed by atoms with Crippen LogP contribution in [0.4, 0.5) is 15.8 Å². The van der Waals surface area contributed by atoms with E-state index in [1.54, 1.807) is 6.07 Å². The summed E-state index contributed by atoms with van der Waals surface area (Å²) in [5.74, 6) is -2.48. The molecule has 0 fully saturated rings. The average molecular weight is 362 g/mol. The van der Waals surface area contributed by atoms with Crippen LogP contribution in [-0.4, -0.2) is 37.2 Å². The number of methoxy groups -OCH3 is 1. The molecule has 0 spiro atoms. The Bertz CT molecular complexity index is 834. The Labute approximate surface area is 145 Å². The lowest BCUT2D eigenvalue weighted by atomic mass is 10.1. The SMILES string of the molecule is COC(=O)c1cc(C(=O)O)ncc1Nc1ccc([Si](C)(C)C)cc1F. The van der Waals surface area contributed by atoms with Gasteiger partial charge in [0, 0.05) is 0 Å². The Morgan fingerprint density at radius 2 is 1.88 bits per heavy atom. The number of halogens is 1. The van der Waals surface area contributed by atoms with Gasteiger partial charge in [0.15, 0.2) is 0 Å². The molecule has 0 unspecified atom stereocenters. The Hall–Kier alpha value is -2.74. The molecule has 0 aliphatic carbocycles. The molecular formula is C17H19FN2O4Si. The van der Waals surface area contributed by atoms with Crippen molar-refractivity contribution in [3.8, 4) is 0 Å². The number of hydrogen-bond donors (Lipinski definition) is 2. The first-order chi connectivity index (χ1) is 11.6. The zero-order chi connectivity index (χ0) is 18.8. The Kier molecular flexibility index (Phi) is 5.22. The van der Waals surface area contributed by atoms with Gasteiger partial charge in [0.1, 0.15) is 11.5 Å². The van der Waals surface area contributed by atoms with Gasteiger partial charge < -0.3 is 15.2 Å². The molecule has 0 aliphatic rings. The second-order valence-electron chi connectivity index (χ2n) is 6.48. The molecule has 0 saturated carbocycles. The second-order valence-corrected chi connectivity index (χ2v) is 11.6. The van der Waals surface area contributed by atoms with Gasteiger partial charge in [-0.2, -0.15) is 0 Å². The molecule has 1 heterocycles. The molecule has 0 amide bonds. The van der Waals surface area contributed by atoms with E-state index in [0.29, 0.717) is 0 Å².